The lowest BCUT2D eigenvalue weighted by Crippen LogP contribution is -2.22. The number of amides is 1. The van der Waals surface area contributed by atoms with Crippen LogP contribution in [0.4, 0.5) is 4.39 Å². The third kappa shape index (κ3) is 1.52. The number of carbonyl (C=O) groups is 1. The summed E-state index contributed by atoms with van der Waals surface area (Å²) in [4.78, 5) is 10.5. The number of nitrogens with one attached hydrogen (secondary N) is 1. The predicted molar refractivity (Wildman–Crippen MR) is 31.4 cm³/mol. The van der Waals surface area contributed by atoms with Crippen LogP contribution in [0.2, 0.25) is 0 Å². The second kappa shape index (κ2) is 2.62. The largest absolute Gasteiger partial charge is 0.350 e. The lowest BCUT2D eigenvalue weighted by Gasteiger charge is -1.98. The molecule has 9 heavy (non-hydrogen) atoms. The Morgan fingerprint density at radius 1 is 1.78 bits per heavy atom. The molecular weight excluding hydrogens is 121 g/mol. The normalized spacial score (nSPS) is 27.2. The van der Waals surface area contributed by atoms with Gasteiger partial charge in [-0.3, -0.25) is 4.79 Å². The Hall–Kier alpha value is -0.860. The minimum Gasteiger partial charge on any atom is -0.350 e. The highest BCUT2D eigenvalue weighted by molar-refractivity contribution is 5.78. The van der Waals surface area contributed by atoms with Crippen LogP contribution < -0.4 is 5.32 Å². The van der Waals surface area contributed by atoms with E-state index in [2.05, 4.69) is 5.32 Å². The molecule has 1 atom stereocenters. The quantitative estimate of drug-likeness (QED) is 0.556. The summed E-state index contributed by atoms with van der Waals surface area (Å²) >= 11 is 0. The second-order valence-electron chi connectivity index (χ2n) is 2.03. The van der Waals surface area contributed by atoms with Gasteiger partial charge in [-0.15, -0.1) is 0 Å². The molecule has 1 aliphatic rings. The predicted octanol–water partition coefficient (Wildman–Crippen LogP) is 0.748. The number of hydrogen-bond acceptors (Lipinski definition) is 1. The molecule has 0 aliphatic carbocycles. The summed E-state index contributed by atoms with van der Waals surface area (Å²) in [6.45, 7) is 0. The van der Waals surface area contributed by atoms with E-state index in [1.807, 2.05) is 0 Å². The SMILES string of the molecule is O=C1CCC(/C=C\F)N1. The average Bonchev–Trinajstić information content (AvgIpc) is 2.17. The Morgan fingerprint density at radius 3 is 3.00 bits per heavy atom. The fourth-order valence-corrected chi connectivity index (χ4v) is 0.870. The van der Waals surface area contributed by atoms with Gasteiger partial charge in [-0.2, -0.15) is 0 Å². The van der Waals surface area contributed by atoms with E-state index >= 15 is 0 Å². The maximum Gasteiger partial charge on any atom is 0.220 e. The van der Waals surface area contributed by atoms with Crippen LogP contribution in [0, 0.1) is 0 Å². The van der Waals surface area contributed by atoms with Gasteiger partial charge in [0.2, 0.25) is 5.91 Å². The maximum absolute atomic E-state index is 11.4. The van der Waals surface area contributed by atoms with Crippen molar-refractivity contribution in [1.29, 1.82) is 0 Å². The van der Waals surface area contributed by atoms with Crippen molar-refractivity contribution >= 4 is 5.91 Å². The van der Waals surface area contributed by atoms with Crippen molar-refractivity contribution < 1.29 is 9.18 Å². The molecule has 1 rings (SSSR count). The average molecular weight is 129 g/mol. The van der Waals surface area contributed by atoms with Crippen LogP contribution in [0.3, 0.4) is 0 Å². The van der Waals surface area contributed by atoms with Crippen LogP contribution in [0.1, 0.15) is 12.8 Å². The molecule has 3 heteroatoms. The molecule has 1 unspecified atom stereocenters. The van der Waals surface area contributed by atoms with Crippen molar-refractivity contribution in [3.05, 3.63) is 12.4 Å². The zero-order valence-corrected chi connectivity index (χ0v) is 4.93. The van der Waals surface area contributed by atoms with Crippen molar-refractivity contribution in [2.24, 2.45) is 0 Å². The van der Waals surface area contributed by atoms with E-state index in [-0.39, 0.29) is 11.9 Å². The van der Waals surface area contributed by atoms with Crippen LogP contribution >= 0.6 is 0 Å². The Labute approximate surface area is 52.7 Å². The summed E-state index contributed by atoms with van der Waals surface area (Å²) in [6, 6.07) is -0.0671. The standard InChI is InChI=1S/C6H8FNO/c7-4-3-5-1-2-6(9)8-5/h3-5H,1-2H2,(H,8,9)/b4-3-. The van der Waals surface area contributed by atoms with Crippen LogP contribution in [-0.2, 0) is 4.79 Å². The smallest absolute Gasteiger partial charge is 0.220 e. The number of hydrogen-bond donors (Lipinski definition) is 1. The number of halogens is 1. The Kier molecular flexibility index (Phi) is 1.82. The molecule has 1 aliphatic heterocycles. The zero-order valence-electron chi connectivity index (χ0n) is 4.93. The highest BCUT2D eigenvalue weighted by atomic mass is 19.1. The molecule has 50 valence electrons. The fourth-order valence-electron chi connectivity index (χ4n) is 0.870. The second-order valence-corrected chi connectivity index (χ2v) is 2.03. The van der Waals surface area contributed by atoms with Gasteiger partial charge >= 0.3 is 0 Å². The highest BCUT2D eigenvalue weighted by Crippen LogP contribution is 2.06. The van der Waals surface area contributed by atoms with Gasteiger partial charge in [0.05, 0.1) is 12.4 Å². The van der Waals surface area contributed by atoms with Crippen molar-refractivity contribution in [2.45, 2.75) is 18.9 Å². The molecule has 0 aromatic heterocycles. The first-order valence-electron chi connectivity index (χ1n) is 2.89. The highest BCUT2D eigenvalue weighted by Gasteiger charge is 2.17. The minimum atomic E-state index is -0.0671. The molecule has 1 heterocycles. The Morgan fingerprint density at radius 2 is 2.56 bits per heavy atom. The Bertz CT molecular complexity index is 144. The summed E-state index contributed by atoms with van der Waals surface area (Å²) in [5.74, 6) is 0.0121. The van der Waals surface area contributed by atoms with Gasteiger partial charge in [-0.1, -0.05) is 0 Å². The first-order valence-corrected chi connectivity index (χ1v) is 2.89. The molecular formula is C6H8FNO. The van der Waals surface area contributed by atoms with Gasteiger partial charge < -0.3 is 5.32 Å². The third-order valence-electron chi connectivity index (χ3n) is 1.33. The molecule has 1 N–H and O–H groups in total. The summed E-state index contributed by atoms with van der Waals surface area (Å²) in [5, 5.41) is 2.59. The Balaban J connectivity index is 2.39. The topological polar surface area (TPSA) is 29.1 Å². The van der Waals surface area contributed by atoms with Gasteiger partial charge in [-0.05, 0) is 12.5 Å². The van der Waals surface area contributed by atoms with Crippen molar-refractivity contribution in [3.8, 4) is 0 Å². The first-order chi connectivity index (χ1) is 4.33. The van der Waals surface area contributed by atoms with Gasteiger partial charge in [-0.25, -0.2) is 4.39 Å². The van der Waals surface area contributed by atoms with Crippen molar-refractivity contribution in [3.63, 3.8) is 0 Å². The molecule has 0 radical (unpaired) electrons. The van der Waals surface area contributed by atoms with E-state index in [0.29, 0.717) is 12.8 Å². The molecule has 0 aromatic carbocycles. The van der Waals surface area contributed by atoms with Crippen LogP contribution in [0.5, 0.6) is 0 Å². The lowest BCUT2D eigenvalue weighted by molar-refractivity contribution is -0.119. The molecule has 1 amide bonds. The van der Waals surface area contributed by atoms with E-state index in [0.717, 1.165) is 6.42 Å². The van der Waals surface area contributed by atoms with E-state index < -0.39 is 0 Å². The van der Waals surface area contributed by atoms with E-state index in [9.17, 15) is 9.18 Å². The van der Waals surface area contributed by atoms with E-state index in [1.165, 1.54) is 6.08 Å². The van der Waals surface area contributed by atoms with Gasteiger partial charge in [0.15, 0.2) is 0 Å². The monoisotopic (exact) mass is 129 g/mol. The van der Waals surface area contributed by atoms with E-state index in [4.69, 9.17) is 0 Å². The summed E-state index contributed by atoms with van der Waals surface area (Å²) in [5.41, 5.74) is 0. The number of carbonyl (C=O) groups excluding carboxylic acids is 1. The van der Waals surface area contributed by atoms with Crippen LogP contribution in [-0.4, -0.2) is 11.9 Å². The van der Waals surface area contributed by atoms with Crippen LogP contribution in [0.15, 0.2) is 12.4 Å². The van der Waals surface area contributed by atoms with Crippen molar-refractivity contribution in [1.82, 2.24) is 5.32 Å². The van der Waals surface area contributed by atoms with Gasteiger partial charge in [0, 0.05) is 6.42 Å². The molecule has 0 spiro atoms. The van der Waals surface area contributed by atoms with Crippen LogP contribution in [0.25, 0.3) is 0 Å². The fraction of sp³-hybridized carbons (Fsp3) is 0.500. The molecule has 2 nitrogen and oxygen atoms in total. The van der Waals surface area contributed by atoms with E-state index in [1.54, 1.807) is 0 Å². The number of rotatable bonds is 1. The summed E-state index contributed by atoms with van der Waals surface area (Å²) in [6.07, 6.45) is 3.06. The molecule has 0 aromatic rings. The summed E-state index contributed by atoms with van der Waals surface area (Å²) in [7, 11) is 0. The third-order valence-corrected chi connectivity index (χ3v) is 1.33. The van der Waals surface area contributed by atoms with Crippen molar-refractivity contribution in [2.75, 3.05) is 0 Å². The first kappa shape index (κ1) is 6.26. The summed E-state index contributed by atoms with van der Waals surface area (Å²) < 4.78 is 11.4. The minimum absolute atomic E-state index is 0.0121. The molecule has 1 saturated heterocycles. The zero-order chi connectivity index (χ0) is 6.69. The molecule has 0 bridgehead atoms. The van der Waals surface area contributed by atoms with Gasteiger partial charge in [0.1, 0.15) is 0 Å². The van der Waals surface area contributed by atoms with Gasteiger partial charge in [0.25, 0.3) is 0 Å². The molecule has 0 saturated carbocycles. The molecule has 1 fully saturated rings. The lowest BCUT2D eigenvalue weighted by atomic mass is 10.2. The maximum atomic E-state index is 11.4.